The normalized spacial score (nSPS) is 10.5. The van der Waals surface area contributed by atoms with Crippen molar-refractivity contribution in [3.05, 3.63) is 65.8 Å². The number of pyridine rings is 1. The summed E-state index contributed by atoms with van der Waals surface area (Å²) in [4.78, 5) is 22.0. The average molecular weight is 355 g/mol. The molecule has 0 saturated carbocycles. The molecule has 0 aliphatic carbocycles. The van der Waals surface area contributed by atoms with Crippen LogP contribution in [0, 0.1) is 0 Å². The van der Waals surface area contributed by atoms with Gasteiger partial charge >= 0.3 is 0 Å². The highest BCUT2D eigenvalue weighted by Crippen LogP contribution is 2.21. The zero-order chi connectivity index (χ0) is 16.6. The maximum atomic E-state index is 12.0. The number of carbonyl (C=O) groups excluding carboxylic acids is 1. The molecule has 1 aromatic carbocycles. The molecule has 0 unspecified atom stereocenters. The van der Waals surface area contributed by atoms with Gasteiger partial charge in [-0.2, -0.15) is 0 Å². The van der Waals surface area contributed by atoms with Crippen LogP contribution in [0.4, 0.5) is 0 Å². The van der Waals surface area contributed by atoms with Gasteiger partial charge in [-0.3, -0.25) is 9.78 Å². The summed E-state index contributed by atoms with van der Waals surface area (Å²) in [5, 5.41) is 5.70. The minimum atomic E-state index is 0.00142. The highest BCUT2D eigenvalue weighted by atomic mass is 32.2. The van der Waals surface area contributed by atoms with E-state index in [-0.39, 0.29) is 5.91 Å². The van der Waals surface area contributed by atoms with Crippen molar-refractivity contribution in [2.24, 2.45) is 0 Å². The number of benzene rings is 1. The minimum absolute atomic E-state index is 0.00142. The first-order valence-corrected chi connectivity index (χ1v) is 9.48. The van der Waals surface area contributed by atoms with Crippen LogP contribution in [0.5, 0.6) is 0 Å². The molecule has 122 valence electrons. The van der Waals surface area contributed by atoms with Crippen LogP contribution < -0.4 is 5.32 Å². The van der Waals surface area contributed by atoms with E-state index in [9.17, 15) is 4.79 Å². The molecule has 24 heavy (non-hydrogen) atoms. The van der Waals surface area contributed by atoms with E-state index in [0.717, 1.165) is 22.1 Å². The fourth-order valence-electron chi connectivity index (χ4n) is 2.10. The van der Waals surface area contributed by atoms with Gasteiger partial charge in [0, 0.05) is 28.8 Å². The molecule has 4 nitrogen and oxygen atoms in total. The molecule has 0 spiro atoms. The SMILES string of the molecule is O=C(Cc1csc(-c2ccccn2)n1)NCCSc1ccccc1. The van der Waals surface area contributed by atoms with E-state index >= 15 is 0 Å². The lowest BCUT2D eigenvalue weighted by molar-refractivity contribution is -0.120. The van der Waals surface area contributed by atoms with E-state index in [2.05, 4.69) is 27.4 Å². The predicted molar refractivity (Wildman–Crippen MR) is 99.2 cm³/mol. The third kappa shape index (κ3) is 4.91. The number of amides is 1. The molecular weight excluding hydrogens is 338 g/mol. The lowest BCUT2D eigenvalue weighted by Crippen LogP contribution is -2.27. The van der Waals surface area contributed by atoms with E-state index in [1.165, 1.54) is 16.2 Å². The van der Waals surface area contributed by atoms with Gasteiger partial charge in [0.1, 0.15) is 5.01 Å². The van der Waals surface area contributed by atoms with Gasteiger partial charge < -0.3 is 5.32 Å². The molecule has 0 bridgehead atoms. The van der Waals surface area contributed by atoms with E-state index in [1.54, 1.807) is 18.0 Å². The van der Waals surface area contributed by atoms with Crippen molar-refractivity contribution in [2.45, 2.75) is 11.3 Å². The van der Waals surface area contributed by atoms with E-state index in [0.29, 0.717) is 13.0 Å². The predicted octanol–water partition coefficient (Wildman–Crippen LogP) is 3.66. The van der Waals surface area contributed by atoms with Crippen molar-refractivity contribution in [2.75, 3.05) is 12.3 Å². The van der Waals surface area contributed by atoms with Crippen molar-refractivity contribution < 1.29 is 4.79 Å². The minimum Gasteiger partial charge on any atom is -0.355 e. The van der Waals surface area contributed by atoms with Crippen LogP contribution in [0.1, 0.15) is 5.69 Å². The van der Waals surface area contributed by atoms with Crippen LogP contribution in [0.3, 0.4) is 0 Å². The lowest BCUT2D eigenvalue weighted by atomic mass is 10.3. The van der Waals surface area contributed by atoms with E-state index < -0.39 is 0 Å². The Bertz CT molecular complexity index is 775. The van der Waals surface area contributed by atoms with Crippen LogP contribution in [0.2, 0.25) is 0 Å². The van der Waals surface area contributed by atoms with Crippen LogP contribution in [-0.2, 0) is 11.2 Å². The fraction of sp³-hybridized carbons (Fsp3) is 0.167. The number of nitrogens with zero attached hydrogens (tertiary/aromatic N) is 2. The summed E-state index contributed by atoms with van der Waals surface area (Å²) in [6.07, 6.45) is 2.05. The summed E-state index contributed by atoms with van der Waals surface area (Å²) >= 11 is 3.25. The molecule has 3 rings (SSSR count). The topological polar surface area (TPSA) is 54.9 Å². The quantitative estimate of drug-likeness (QED) is 0.519. The number of hydrogen-bond acceptors (Lipinski definition) is 5. The van der Waals surface area contributed by atoms with Gasteiger partial charge in [0.05, 0.1) is 17.8 Å². The average Bonchev–Trinajstić information content (AvgIpc) is 3.09. The molecule has 0 aliphatic heterocycles. The Morgan fingerprint density at radius 3 is 2.75 bits per heavy atom. The highest BCUT2D eigenvalue weighted by Gasteiger charge is 2.09. The lowest BCUT2D eigenvalue weighted by Gasteiger charge is -2.04. The molecule has 0 atom stereocenters. The molecule has 0 fully saturated rings. The zero-order valence-corrected chi connectivity index (χ0v) is 14.6. The van der Waals surface area contributed by atoms with Gasteiger partial charge in [-0.1, -0.05) is 24.3 Å². The molecule has 0 saturated heterocycles. The monoisotopic (exact) mass is 355 g/mol. The molecule has 2 heterocycles. The summed E-state index contributed by atoms with van der Waals surface area (Å²) < 4.78 is 0. The number of aromatic nitrogens is 2. The first-order chi connectivity index (χ1) is 11.8. The molecule has 1 N–H and O–H groups in total. The Morgan fingerprint density at radius 1 is 1.12 bits per heavy atom. The number of hydrogen-bond donors (Lipinski definition) is 1. The van der Waals surface area contributed by atoms with Crippen LogP contribution in [0.25, 0.3) is 10.7 Å². The second kappa shape index (κ2) is 8.61. The van der Waals surface area contributed by atoms with Crippen LogP contribution in [0.15, 0.2) is 65.0 Å². The molecule has 6 heteroatoms. The molecule has 0 radical (unpaired) electrons. The smallest absolute Gasteiger partial charge is 0.226 e. The summed E-state index contributed by atoms with van der Waals surface area (Å²) in [7, 11) is 0. The largest absolute Gasteiger partial charge is 0.355 e. The molecule has 0 aliphatic rings. The Hall–Kier alpha value is -2.18. The third-order valence-corrected chi connectivity index (χ3v) is 5.14. The fourth-order valence-corrected chi connectivity index (χ4v) is 3.68. The third-order valence-electron chi connectivity index (χ3n) is 3.21. The van der Waals surface area contributed by atoms with Crippen molar-refractivity contribution in [1.29, 1.82) is 0 Å². The zero-order valence-electron chi connectivity index (χ0n) is 13.0. The summed E-state index contributed by atoms with van der Waals surface area (Å²) in [6, 6.07) is 15.9. The summed E-state index contributed by atoms with van der Waals surface area (Å²) in [5.41, 5.74) is 1.63. The Morgan fingerprint density at radius 2 is 1.96 bits per heavy atom. The maximum Gasteiger partial charge on any atom is 0.226 e. The maximum absolute atomic E-state index is 12.0. The van der Waals surface area contributed by atoms with Crippen molar-refractivity contribution >= 4 is 29.0 Å². The standard InChI is InChI=1S/C18H17N3OS2/c22-17(20-10-11-23-15-6-2-1-3-7-15)12-14-13-24-18(21-14)16-8-4-5-9-19-16/h1-9,13H,10-12H2,(H,20,22). The molecule has 1 amide bonds. The number of rotatable bonds is 7. The molecular formula is C18H17N3OS2. The van der Waals surface area contributed by atoms with Crippen molar-refractivity contribution in [1.82, 2.24) is 15.3 Å². The number of thioether (sulfide) groups is 1. The summed E-state index contributed by atoms with van der Waals surface area (Å²) in [5.74, 6) is 0.855. The second-order valence-corrected chi connectivity index (χ2v) is 7.07. The first kappa shape index (κ1) is 16.7. The Kier molecular flexibility index (Phi) is 5.98. The van der Waals surface area contributed by atoms with Crippen LogP contribution >= 0.6 is 23.1 Å². The van der Waals surface area contributed by atoms with Gasteiger partial charge in [-0.25, -0.2) is 4.98 Å². The second-order valence-electron chi connectivity index (χ2n) is 5.05. The first-order valence-electron chi connectivity index (χ1n) is 7.61. The van der Waals surface area contributed by atoms with Crippen LogP contribution in [-0.4, -0.2) is 28.2 Å². The number of thiazole rings is 1. The van der Waals surface area contributed by atoms with Gasteiger partial charge in [0.2, 0.25) is 5.91 Å². The number of nitrogens with one attached hydrogen (secondary N) is 1. The van der Waals surface area contributed by atoms with Gasteiger partial charge in [0.25, 0.3) is 0 Å². The highest BCUT2D eigenvalue weighted by molar-refractivity contribution is 7.99. The van der Waals surface area contributed by atoms with Crippen molar-refractivity contribution in [3.8, 4) is 10.7 Å². The van der Waals surface area contributed by atoms with Gasteiger partial charge in [-0.05, 0) is 24.3 Å². The summed E-state index contributed by atoms with van der Waals surface area (Å²) in [6.45, 7) is 0.648. The van der Waals surface area contributed by atoms with Gasteiger partial charge in [-0.15, -0.1) is 23.1 Å². The Labute approximate surface area is 149 Å². The van der Waals surface area contributed by atoms with E-state index in [1.807, 2.05) is 41.8 Å². The Balaban J connectivity index is 1.43. The molecule has 3 aromatic rings. The van der Waals surface area contributed by atoms with Gasteiger partial charge in [0.15, 0.2) is 0 Å². The van der Waals surface area contributed by atoms with Crippen molar-refractivity contribution in [3.63, 3.8) is 0 Å². The van der Waals surface area contributed by atoms with E-state index in [4.69, 9.17) is 0 Å². The molecule has 2 aromatic heterocycles. The number of carbonyl (C=O) groups is 1.